The number of alkyl halides is 3. The number of anilines is 1. The molecule has 4 rings (SSSR count). The number of nitrogens with one attached hydrogen (secondary N) is 2. The molecular weight excluding hydrogens is 391 g/mol. The molecule has 152 valence electrons. The Labute approximate surface area is 171 Å². The first kappa shape index (κ1) is 19.7. The predicted molar refractivity (Wildman–Crippen MR) is 108 cm³/mol. The number of aromatic amines is 1. The summed E-state index contributed by atoms with van der Waals surface area (Å²) in [7, 11) is 0. The van der Waals surface area contributed by atoms with Crippen LogP contribution in [-0.2, 0) is 6.18 Å². The number of nitrogens with zero attached hydrogens (tertiary/aromatic N) is 1. The molecule has 2 heterocycles. The van der Waals surface area contributed by atoms with Gasteiger partial charge in [0.05, 0.1) is 11.3 Å². The second-order valence-electron chi connectivity index (χ2n) is 7.02. The Morgan fingerprint density at radius 1 is 0.967 bits per heavy atom. The number of rotatable bonds is 4. The Morgan fingerprint density at radius 2 is 1.73 bits per heavy atom. The second-order valence-corrected chi connectivity index (χ2v) is 7.02. The molecule has 2 aromatic heterocycles. The molecule has 7 heteroatoms. The zero-order chi connectivity index (χ0) is 21.3. The summed E-state index contributed by atoms with van der Waals surface area (Å²) in [6, 6.07) is 17.1. The number of hydrogen-bond acceptors (Lipinski definition) is 3. The van der Waals surface area contributed by atoms with Crippen LogP contribution in [0.5, 0.6) is 5.75 Å². The molecule has 0 saturated heterocycles. The summed E-state index contributed by atoms with van der Waals surface area (Å²) >= 11 is 0. The average molecular weight is 410 g/mol. The van der Waals surface area contributed by atoms with Crippen molar-refractivity contribution in [2.75, 3.05) is 5.32 Å². The summed E-state index contributed by atoms with van der Waals surface area (Å²) in [4.78, 5) is 7.43. The van der Waals surface area contributed by atoms with E-state index in [1.165, 1.54) is 12.1 Å². The molecule has 2 aromatic carbocycles. The minimum absolute atomic E-state index is 0.0156. The average Bonchev–Trinajstić information content (AvgIpc) is 2.72. The highest BCUT2D eigenvalue weighted by molar-refractivity contribution is 5.85. The first-order valence-electron chi connectivity index (χ1n) is 9.32. The number of H-pyrrole nitrogens is 1. The first-order valence-corrected chi connectivity index (χ1v) is 9.32. The van der Waals surface area contributed by atoms with Gasteiger partial charge in [0.25, 0.3) is 5.82 Å². The van der Waals surface area contributed by atoms with Crippen molar-refractivity contribution in [2.45, 2.75) is 19.1 Å². The van der Waals surface area contributed by atoms with E-state index in [-0.39, 0.29) is 5.75 Å². The lowest BCUT2D eigenvalue weighted by atomic mass is 9.95. The molecule has 0 radical (unpaired) electrons. The van der Waals surface area contributed by atoms with Gasteiger partial charge in [0.1, 0.15) is 17.3 Å². The van der Waals surface area contributed by atoms with Crippen molar-refractivity contribution >= 4 is 16.7 Å². The fourth-order valence-electron chi connectivity index (χ4n) is 3.41. The van der Waals surface area contributed by atoms with Gasteiger partial charge in [-0.2, -0.15) is 13.2 Å². The number of pyridine rings is 2. The van der Waals surface area contributed by atoms with E-state index in [4.69, 9.17) is 0 Å². The number of phenols is 1. The quantitative estimate of drug-likeness (QED) is 0.481. The molecular formula is C23H19F3N3O+. The molecule has 0 amide bonds. The third kappa shape index (κ3) is 3.91. The monoisotopic (exact) mass is 410 g/mol. The Hall–Kier alpha value is -3.61. The van der Waals surface area contributed by atoms with E-state index in [1.54, 1.807) is 18.3 Å². The summed E-state index contributed by atoms with van der Waals surface area (Å²) in [5.74, 6) is 0.651. The molecule has 0 bridgehead atoms. The van der Waals surface area contributed by atoms with Crippen molar-refractivity contribution in [1.29, 1.82) is 0 Å². The topological polar surface area (TPSA) is 59.3 Å². The van der Waals surface area contributed by atoms with Crippen LogP contribution in [0.3, 0.4) is 0 Å². The number of hydrogen-bond donors (Lipinski definition) is 2. The van der Waals surface area contributed by atoms with Crippen molar-refractivity contribution < 1.29 is 23.3 Å². The first-order chi connectivity index (χ1) is 14.3. The van der Waals surface area contributed by atoms with E-state index in [1.807, 2.05) is 37.3 Å². The largest absolute Gasteiger partial charge is 0.505 e. The molecule has 4 aromatic rings. The van der Waals surface area contributed by atoms with Crippen LogP contribution in [0, 0.1) is 6.92 Å². The van der Waals surface area contributed by atoms with Gasteiger partial charge in [-0.25, -0.2) is 4.98 Å². The molecule has 0 aliphatic carbocycles. The standard InChI is InChI=1S/C23H18F3N3O/c1-14-4-2-6-19(28-14)29-20(16-7-10-17(11-8-16)23(24,25)26)18-12-9-15-5-3-13-27-21(15)22(18)30/h2-13,20,30H,1H3,(H,28,29)/p+1. The number of aryl methyl sites for hydroxylation is 1. The Bertz CT molecular complexity index is 1190. The van der Waals surface area contributed by atoms with Gasteiger partial charge in [-0.3, -0.25) is 10.3 Å². The van der Waals surface area contributed by atoms with E-state index < -0.39 is 17.8 Å². The third-order valence-electron chi connectivity index (χ3n) is 4.90. The van der Waals surface area contributed by atoms with E-state index in [9.17, 15) is 18.3 Å². The highest BCUT2D eigenvalue weighted by Crippen LogP contribution is 2.37. The number of fused-ring (bicyclic) bond motifs is 1. The van der Waals surface area contributed by atoms with Crippen LogP contribution >= 0.6 is 0 Å². The minimum Gasteiger partial charge on any atom is -0.505 e. The summed E-state index contributed by atoms with van der Waals surface area (Å²) in [6.07, 6.45) is -2.83. The van der Waals surface area contributed by atoms with Crippen LogP contribution in [0.25, 0.3) is 10.9 Å². The van der Waals surface area contributed by atoms with Crippen LogP contribution in [0.1, 0.15) is 28.4 Å². The van der Waals surface area contributed by atoms with Gasteiger partial charge in [0.15, 0.2) is 0 Å². The highest BCUT2D eigenvalue weighted by Gasteiger charge is 2.31. The van der Waals surface area contributed by atoms with Gasteiger partial charge in [-0.1, -0.05) is 30.3 Å². The third-order valence-corrected chi connectivity index (χ3v) is 4.90. The van der Waals surface area contributed by atoms with Crippen molar-refractivity contribution in [1.82, 2.24) is 4.98 Å². The van der Waals surface area contributed by atoms with E-state index in [0.29, 0.717) is 22.5 Å². The maximum atomic E-state index is 13.0. The number of aromatic nitrogens is 2. The maximum Gasteiger partial charge on any atom is 0.416 e. The summed E-state index contributed by atoms with van der Waals surface area (Å²) in [5, 5.41) is 15.0. The zero-order valence-electron chi connectivity index (χ0n) is 16.0. The highest BCUT2D eigenvalue weighted by atomic mass is 19.4. The zero-order valence-corrected chi connectivity index (χ0v) is 16.0. The van der Waals surface area contributed by atoms with E-state index in [2.05, 4.69) is 15.3 Å². The molecule has 0 aliphatic rings. The number of aromatic hydroxyl groups is 1. The van der Waals surface area contributed by atoms with Crippen molar-refractivity contribution in [3.8, 4) is 5.75 Å². The van der Waals surface area contributed by atoms with Crippen molar-refractivity contribution in [3.05, 3.63) is 95.3 Å². The van der Waals surface area contributed by atoms with Gasteiger partial charge >= 0.3 is 6.18 Å². The molecule has 0 fully saturated rings. The predicted octanol–water partition coefficient (Wildman–Crippen LogP) is 5.28. The molecule has 1 unspecified atom stereocenters. The smallest absolute Gasteiger partial charge is 0.416 e. The lowest BCUT2D eigenvalue weighted by Gasteiger charge is -2.18. The van der Waals surface area contributed by atoms with Gasteiger partial charge in [-0.05, 0) is 37.3 Å². The maximum absolute atomic E-state index is 13.0. The fraction of sp³-hybridized carbons (Fsp3) is 0.130. The van der Waals surface area contributed by atoms with E-state index in [0.717, 1.165) is 23.2 Å². The van der Waals surface area contributed by atoms with E-state index >= 15 is 0 Å². The molecule has 0 spiro atoms. The molecule has 0 saturated carbocycles. The van der Waals surface area contributed by atoms with Crippen LogP contribution < -0.4 is 10.3 Å². The van der Waals surface area contributed by atoms with Crippen molar-refractivity contribution in [3.63, 3.8) is 0 Å². The van der Waals surface area contributed by atoms with Gasteiger partial charge in [0, 0.05) is 28.8 Å². The SMILES string of the molecule is Cc1cccc(NC(c2ccc(C(F)(F)F)cc2)c2ccc3cccnc3c2O)[nH+]1. The van der Waals surface area contributed by atoms with Gasteiger partial charge < -0.3 is 5.11 Å². The van der Waals surface area contributed by atoms with Crippen LogP contribution in [0.4, 0.5) is 19.0 Å². The lowest BCUT2D eigenvalue weighted by Crippen LogP contribution is -2.21. The minimum atomic E-state index is -4.42. The Balaban J connectivity index is 1.82. The molecule has 4 nitrogen and oxygen atoms in total. The number of benzene rings is 2. The summed E-state index contributed by atoms with van der Waals surface area (Å²) in [5.41, 5.74) is 1.70. The van der Waals surface area contributed by atoms with Crippen LogP contribution in [0.2, 0.25) is 0 Å². The Morgan fingerprint density at radius 3 is 2.43 bits per heavy atom. The fourth-order valence-corrected chi connectivity index (χ4v) is 3.41. The van der Waals surface area contributed by atoms with Gasteiger partial charge in [-0.15, -0.1) is 0 Å². The number of phenolic OH excluding ortho intramolecular Hbond substituents is 1. The van der Waals surface area contributed by atoms with Crippen molar-refractivity contribution in [2.24, 2.45) is 0 Å². The Kier molecular flexibility index (Phi) is 5.03. The molecule has 3 N–H and O–H groups in total. The molecule has 0 aliphatic heterocycles. The number of halogens is 3. The normalized spacial score (nSPS) is 12.7. The summed E-state index contributed by atoms with van der Waals surface area (Å²) < 4.78 is 39.0. The molecule has 1 atom stereocenters. The second kappa shape index (κ2) is 7.67. The van der Waals surface area contributed by atoms with Gasteiger partial charge in [0.2, 0.25) is 0 Å². The molecule has 30 heavy (non-hydrogen) atoms. The van der Waals surface area contributed by atoms with Crippen LogP contribution in [-0.4, -0.2) is 10.1 Å². The van der Waals surface area contributed by atoms with Crippen LogP contribution in [0.15, 0.2) is 72.9 Å². The lowest BCUT2D eigenvalue weighted by molar-refractivity contribution is -0.371. The summed E-state index contributed by atoms with van der Waals surface area (Å²) in [6.45, 7) is 1.90.